The zero-order valence-corrected chi connectivity index (χ0v) is 11.2. The van der Waals surface area contributed by atoms with Crippen LogP contribution in [0, 0.1) is 5.92 Å². The molecule has 0 aromatic carbocycles. The summed E-state index contributed by atoms with van der Waals surface area (Å²) < 4.78 is 15.0. The average molecular weight is 280 g/mol. The molecular weight excluding hydrogens is 265 g/mol. The van der Waals surface area contributed by atoms with E-state index in [0.717, 1.165) is 24.1 Å². The third kappa shape index (κ3) is 2.78. The van der Waals surface area contributed by atoms with E-state index in [4.69, 9.17) is 11.6 Å². The number of nitrogens with zero attached hydrogens (tertiary/aromatic N) is 3. The van der Waals surface area contributed by atoms with Crippen molar-refractivity contribution in [1.82, 2.24) is 14.8 Å². The number of hydrogen-bond donors (Lipinski definition) is 0. The zero-order valence-electron chi connectivity index (χ0n) is 10.5. The van der Waals surface area contributed by atoms with Crippen molar-refractivity contribution >= 4 is 11.6 Å². The van der Waals surface area contributed by atoms with E-state index in [1.165, 1.54) is 0 Å². The van der Waals surface area contributed by atoms with Crippen LogP contribution in [-0.2, 0) is 6.54 Å². The number of pyridine rings is 1. The first-order valence-electron chi connectivity index (χ1n) is 6.50. The van der Waals surface area contributed by atoms with Gasteiger partial charge >= 0.3 is 0 Å². The van der Waals surface area contributed by atoms with Crippen LogP contribution in [0.1, 0.15) is 19.3 Å². The standard InChI is InChI=1S/C14H15ClFN3/c15-14-13(2-1-5-17-14)11-7-18-19(9-11)8-10-3-4-12(16)6-10/h1-2,5,7,9-10,12H,3-4,6,8H2/t10?,12-/m0/s1. The number of alkyl halides is 1. The second-order valence-electron chi connectivity index (χ2n) is 5.07. The Kier molecular flexibility index (Phi) is 3.51. The predicted octanol–water partition coefficient (Wildman–Crippen LogP) is 3.74. The maximum atomic E-state index is 13.1. The maximum Gasteiger partial charge on any atom is 0.136 e. The number of aromatic nitrogens is 3. The van der Waals surface area contributed by atoms with Gasteiger partial charge in [-0.15, -0.1) is 0 Å². The van der Waals surface area contributed by atoms with Crippen molar-refractivity contribution < 1.29 is 4.39 Å². The highest BCUT2D eigenvalue weighted by atomic mass is 35.5. The first kappa shape index (κ1) is 12.6. The molecule has 100 valence electrons. The second-order valence-corrected chi connectivity index (χ2v) is 5.43. The molecule has 0 radical (unpaired) electrons. The third-order valence-electron chi connectivity index (χ3n) is 3.63. The fourth-order valence-electron chi connectivity index (χ4n) is 2.65. The molecule has 1 fully saturated rings. The van der Waals surface area contributed by atoms with Crippen molar-refractivity contribution in [3.8, 4) is 11.1 Å². The van der Waals surface area contributed by atoms with Crippen molar-refractivity contribution in [2.75, 3.05) is 0 Å². The Bertz CT molecular complexity index is 569. The van der Waals surface area contributed by atoms with Gasteiger partial charge in [0.05, 0.1) is 6.20 Å². The van der Waals surface area contributed by atoms with E-state index in [2.05, 4.69) is 10.1 Å². The fraction of sp³-hybridized carbons (Fsp3) is 0.429. The summed E-state index contributed by atoms with van der Waals surface area (Å²) in [4.78, 5) is 4.06. The molecular formula is C14H15ClFN3. The molecule has 1 aliphatic carbocycles. The minimum atomic E-state index is -0.632. The summed E-state index contributed by atoms with van der Waals surface area (Å²) in [5, 5.41) is 4.81. The molecule has 3 rings (SSSR count). The molecule has 0 aliphatic heterocycles. The summed E-state index contributed by atoms with van der Waals surface area (Å²) >= 11 is 6.06. The van der Waals surface area contributed by atoms with Crippen LogP contribution >= 0.6 is 11.6 Å². The van der Waals surface area contributed by atoms with Crippen molar-refractivity contribution in [2.45, 2.75) is 32.0 Å². The van der Waals surface area contributed by atoms with E-state index in [1.54, 1.807) is 12.4 Å². The van der Waals surface area contributed by atoms with Crippen LogP contribution in [-0.4, -0.2) is 20.9 Å². The lowest BCUT2D eigenvalue weighted by Crippen LogP contribution is -2.08. The van der Waals surface area contributed by atoms with Crippen LogP contribution in [0.5, 0.6) is 0 Å². The van der Waals surface area contributed by atoms with Gasteiger partial charge in [0, 0.05) is 30.1 Å². The smallest absolute Gasteiger partial charge is 0.136 e. The van der Waals surface area contributed by atoms with E-state index in [9.17, 15) is 4.39 Å². The maximum absolute atomic E-state index is 13.1. The lowest BCUT2D eigenvalue weighted by molar-refractivity contribution is 0.320. The molecule has 19 heavy (non-hydrogen) atoms. The molecule has 3 nitrogen and oxygen atoms in total. The minimum Gasteiger partial charge on any atom is -0.272 e. The quantitative estimate of drug-likeness (QED) is 0.802. The van der Waals surface area contributed by atoms with Gasteiger partial charge in [-0.2, -0.15) is 5.10 Å². The first-order chi connectivity index (χ1) is 9.22. The molecule has 0 N–H and O–H groups in total. The van der Waals surface area contributed by atoms with Crippen LogP contribution in [0.15, 0.2) is 30.7 Å². The van der Waals surface area contributed by atoms with Gasteiger partial charge in [0.15, 0.2) is 0 Å². The molecule has 0 bridgehead atoms. The highest BCUT2D eigenvalue weighted by Crippen LogP contribution is 2.30. The highest BCUT2D eigenvalue weighted by molar-refractivity contribution is 6.32. The lowest BCUT2D eigenvalue weighted by atomic mass is 10.1. The average Bonchev–Trinajstić information content (AvgIpc) is 3.00. The Morgan fingerprint density at radius 3 is 3.05 bits per heavy atom. The molecule has 1 aliphatic rings. The second kappa shape index (κ2) is 5.29. The largest absolute Gasteiger partial charge is 0.272 e. The summed E-state index contributed by atoms with van der Waals surface area (Å²) in [5.41, 5.74) is 1.83. The van der Waals surface area contributed by atoms with Gasteiger partial charge in [0.25, 0.3) is 0 Å². The normalized spacial score (nSPS) is 22.8. The van der Waals surface area contributed by atoms with Crippen molar-refractivity contribution in [1.29, 1.82) is 0 Å². The lowest BCUT2D eigenvalue weighted by Gasteiger charge is -2.08. The molecule has 0 amide bonds. The van der Waals surface area contributed by atoms with E-state index >= 15 is 0 Å². The summed E-state index contributed by atoms with van der Waals surface area (Å²) in [6.07, 6.45) is 7.06. The van der Waals surface area contributed by atoms with E-state index in [-0.39, 0.29) is 0 Å². The molecule has 0 spiro atoms. The molecule has 5 heteroatoms. The molecule has 2 aromatic rings. The minimum absolute atomic E-state index is 0.395. The van der Waals surface area contributed by atoms with Crippen LogP contribution in [0.3, 0.4) is 0 Å². The molecule has 2 aromatic heterocycles. The molecule has 1 saturated carbocycles. The van der Waals surface area contributed by atoms with Crippen LogP contribution in [0.2, 0.25) is 5.15 Å². The topological polar surface area (TPSA) is 30.7 Å². The Hall–Kier alpha value is -1.42. The van der Waals surface area contributed by atoms with E-state index < -0.39 is 6.17 Å². The molecule has 2 atom stereocenters. The SMILES string of the molecule is F[C@H]1CCC(Cn2cc(-c3cccnc3Cl)cn2)C1. The van der Waals surface area contributed by atoms with E-state index in [1.807, 2.05) is 23.0 Å². The van der Waals surface area contributed by atoms with Gasteiger partial charge in [-0.1, -0.05) is 11.6 Å². The Balaban J connectivity index is 1.75. The molecule has 1 unspecified atom stereocenters. The zero-order chi connectivity index (χ0) is 13.2. The monoisotopic (exact) mass is 279 g/mol. The summed E-state index contributed by atoms with van der Waals surface area (Å²) in [6.45, 7) is 0.776. The molecule has 0 saturated heterocycles. The number of hydrogen-bond acceptors (Lipinski definition) is 2. The van der Waals surface area contributed by atoms with Crippen LogP contribution in [0.4, 0.5) is 4.39 Å². The van der Waals surface area contributed by atoms with Gasteiger partial charge in [-0.25, -0.2) is 9.37 Å². The first-order valence-corrected chi connectivity index (χ1v) is 6.87. The Morgan fingerprint density at radius 1 is 1.42 bits per heavy atom. The van der Waals surface area contributed by atoms with Gasteiger partial charge in [0.1, 0.15) is 11.3 Å². The van der Waals surface area contributed by atoms with Crippen molar-refractivity contribution in [2.24, 2.45) is 5.92 Å². The summed E-state index contributed by atoms with van der Waals surface area (Å²) in [6, 6.07) is 3.77. The Morgan fingerprint density at radius 2 is 2.32 bits per heavy atom. The molecule has 2 heterocycles. The summed E-state index contributed by atoms with van der Waals surface area (Å²) in [7, 11) is 0. The van der Waals surface area contributed by atoms with Gasteiger partial charge in [0.2, 0.25) is 0 Å². The summed E-state index contributed by atoms with van der Waals surface area (Å²) in [5.74, 6) is 0.395. The third-order valence-corrected chi connectivity index (χ3v) is 3.93. The van der Waals surface area contributed by atoms with Crippen molar-refractivity contribution in [3.05, 3.63) is 35.9 Å². The van der Waals surface area contributed by atoms with Crippen LogP contribution in [0.25, 0.3) is 11.1 Å². The van der Waals surface area contributed by atoms with E-state index in [0.29, 0.717) is 23.9 Å². The number of halogens is 2. The van der Waals surface area contributed by atoms with Crippen molar-refractivity contribution in [3.63, 3.8) is 0 Å². The van der Waals surface area contributed by atoms with Gasteiger partial charge in [-0.3, -0.25) is 4.68 Å². The van der Waals surface area contributed by atoms with Gasteiger partial charge < -0.3 is 0 Å². The van der Waals surface area contributed by atoms with Crippen LogP contribution < -0.4 is 0 Å². The van der Waals surface area contributed by atoms with Gasteiger partial charge in [-0.05, 0) is 37.3 Å². The number of rotatable bonds is 3. The predicted molar refractivity (Wildman–Crippen MR) is 72.7 cm³/mol. The highest BCUT2D eigenvalue weighted by Gasteiger charge is 2.24. The fourth-order valence-corrected chi connectivity index (χ4v) is 2.88. The Labute approximate surface area is 116 Å².